The number of carboxylic acid groups (broad SMARTS) is 1. The van der Waals surface area contributed by atoms with Gasteiger partial charge in [-0.25, -0.2) is 0 Å². The van der Waals surface area contributed by atoms with Crippen molar-refractivity contribution in [2.75, 3.05) is 17.2 Å². The van der Waals surface area contributed by atoms with E-state index in [4.69, 9.17) is 28.9 Å². The summed E-state index contributed by atoms with van der Waals surface area (Å²) >= 11 is 12.6. The number of halogens is 1. The average molecular weight is 274 g/mol. The first kappa shape index (κ1) is 11.7. The lowest BCUT2D eigenvalue weighted by Crippen LogP contribution is -2.38. The number of thiocarbonyl (C=S) groups is 1. The molecule has 1 aliphatic rings. The number of nitrogens with zero attached hydrogens (tertiary/aromatic N) is 1. The summed E-state index contributed by atoms with van der Waals surface area (Å²) in [6.07, 6.45) is 0. The number of fused-ring (bicyclic) bond motifs is 1. The number of aliphatic carboxylic acids is 1. The first-order valence-corrected chi connectivity index (χ1v) is 6.29. The molecule has 3 nitrogen and oxygen atoms in total. The largest absolute Gasteiger partial charge is 0.480 e. The minimum absolute atomic E-state index is 0.103. The van der Waals surface area contributed by atoms with Crippen LogP contribution in [0.15, 0.2) is 23.1 Å². The fraction of sp³-hybridized carbons (Fsp3) is 0.200. The number of carbonyl (C=O) groups is 1. The molecule has 0 radical (unpaired) electrons. The molecule has 0 spiro atoms. The van der Waals surface area contributed by atoms with Gasteiger partial charge in [0.15, 0.2) is 0 Å². The first-order valence-electron chi connectivity index (χ1n) is 4.52. The Morgan fingerprint density at radius 3 is 3.06 bits per heavy atom. The second kappa shape index (κ2) is 4.61. The molecule has 0 amide bonds. The molecular formula is C10H8ClNO2S2. The van der Waals surface area contributed by atoms with Gasteiger partial charge in [0.2, 0.25) is 0 Å². The Kier molecular flexibility index (Phi) is 3.37. The van der Waals surface area contributed by atoms with E-state index in [0.717, 1.165) is 10.6 Å². The van der Waals surface area contributed by atoms with Crippen LogP contribution in [0.2, 0.25) is 5.02 Å². The van der Waals surface area contributed by atoms with Gasteiger partial charge in [-0.3, -0.25) is 4.79 Å². The summed E-state index contributed by atoms with van der Waals surface area (Å²) in [6.45, 7) is -0.103. The Bertz CT molecular complexity index is 464. The van der Waals surface area contributed by atoms with E-state index in [0.29, 0.717) is 15.8 Å². The number of carboxylic acids is 1. The van der Waals surface area contributed by atoms with Gasteiger partial charge in [0.1, 0.15) is 6.54 Å². The van der Waals surface area contributed by atoms with E-state index in [1.165, 1.54) is 0 Å². The monoisotopic (exact) mass is 273 g/mol. The standard InChI is InChI=1S/C10H8ClNO2S2/c11-6-1-2-7-8(3-6)16-5-9(15)12(7)4-10(13)14/h1-3H,4-5H2,(H,13,14). The van der Waals surface area contributed by atoms with E-state index >= 15 is 0 Å². The van der Waals surface area contributed by atoms with Crippen LogP contribution >= 0.6 is 35.6 Å². The number of rotatable bonds is 2. The van der Waals surface area contributed by atoms with Crippen molar-refractivity contribution in [2.45, 2.75) is 4.90 Å². The minimum Gasteiger partial charge on any atom is -0.480 e. The van der Waals surface area contributed by atoms with Crippen molar-refractivity contribution in [3.63, 3.8) is 0 Å². The van der Waals surface area contributed by atoms with Crippen LogP contribution in [0.25, 0.3) is 0 Å². The highest BCUT2D eigenvalue weighted by Gasteiger charge is 2.23. The molecule has 1 aliphatic heterocycles. The maximum absolute atomic E-state index is 10.8. The van der Waals surface area contributed by atoms with Crippen molar-refractivity contribution >= 4 is 52.2 Å². The maximum atomic E-state index is 10.8. The van der Waals surface area contributed by atoms with Crippen LogP contribution in [-0.4, -0.2) is 28.4 Å². The normalized spacial score (nSPS) is 14.8. The Balaban J connectivity index is 2.40. The lowest BCUT2D eigenvalue weighted by molar-refractivity contribution is -0.135. The summed E-state index contributed by atoms with van der Waals surface area (Å²) in [6, 6.07) is 5.38. The van der Waals surface area contributed by atoms with Crippen LogP contribution in [0.5, 0.6) is 0 Å². The minimum atomic E-state index is -0.893. The van der Waals surface area contributed by atoms with E-state index in [1.807, 2.05) is 6.07 Å². The molecule has 6 heteroatoms. The first-order chi connectivity index (χ1) is 7.58. The van der Waals surface area contributed by atoms with E-state index in [-0.39, 0.29) is 6.54 Å². The molecule has 0 unspecified atom stereocenters. The fourth-order valence-corrected chi connectivity index (χ4v) is 3.03. The average Bonchev–Trinajstić information content (AvgIpc) is 2.22. The summed E-state index contributed by atoms with van der Waals surface area (Å²) in [4.78, 5) is 14.0. The van der Waals surface area contributed by atoms with Crippen molar-refractivity contribution < 1.29 is 9.90 Å². The van der Waals surface area contributed by atoms with Crippen molar-refractivity contribution in [3.05, 3.63) is 23.2 Å². The Morgan fingerprint density at radius 1 is 1.62 bits per heavy atom. The van der Waals surface area contributed by atoms with Gasteiger partial charge in [0.25, 0.3) is 0 Å². The van der Waals surface area contributed by atoms with Crippen LogP contribution in [0.1, 0.15) is 0 Å². The lowest BCUT2D eigenvalue weighted by Gasteiger charge is -2.29. The molecule has 0 atom stereocenters. The molecule has 2 rings (SSSR count). The third kappa shape index (κ3) is 2.31. The smallest absolute Gasteiger partial charge is 0.323 e. The van der Waals surface area contributed by atoms with E-state index in [1.54, 1.807) is 28.8 Å². The van der Waals surface area contributed by atoms with E-state index in [9.17, 15) is 4.79 Å². The molecule has 1 aromatic carbocycles. The van der Waals surface area contributed by atoms with Gasteiger partial charge in [0.05, 0.1) is 10.7 Å². The highest BCUT2D eigenvalue weighted by atomic mass is 35.5. The van der Waals surface area contributed by atoms with Crippen molar-refractivity contribution in [2.24, 2.45) is 0 Å². The fourth-order valence-electron chi connectivity index (χ4n) is 1.49. The summed E-state index contributed by atoms with van der Waals surface area (Å²) in [7, 11) is 0. The highest BCUT2D eigenvalue weighted by Crippen LogP contribution is 2.37. The summed E-state index contributed by atoms with van der Waals surface area (Å²) in [5.41, 5.74) is 0.827. The molecule has 0 aromatic heterocycles. The SMILES string of the molecule is O=C(O)CN1C(=S)CSc2cc(Cl)ccc21. The molecule has 1 heterocycles. The molecular weight excluding hydrogens is 266 g/mol. The zero-order chi connectivity index (χ0) is 11.7. The Morgan fingerprint density at radius 2 is 2.38 bits per heavy atom. The van der Waals surface area contributed by atoms with Crippen molar-refractivity contribution in [1.29, 1.82) is 0 Å². The quantitative estimate of drug-likeness (QED) is 0.839. The van der Waals surface area contributed by atoms with Crippen molar-refractivity contribution in [3.8, 4) is 0 Å². The van der Waals surface area contributed by atoms with Gasteiger partial charge in [-0.15, -0.1) is 11.8 Å². The predicted octanol–water partition coefficient (Wildman–Crippen LogP) is 2.66. The third-order valence-corrected chi connectivity index (χ3v) is 4.00. The predicted molar refractivity (Wildman–Crippen MR) is 69.8 cm³/mol. The van der Waals surface area contributed by atoms with Gasteiger partial charge in [0, 0.05) is 15.7 Å². The van der Waals surface area contributed by atoms with Gasteiger partial charge < -0.3 is 10.0 Å². The topological polar surface area (TPSA) is 40.5 Å². The summed E-state index contributed by atoms with van der Waals surface area (Å²) < 4.78 is 0. The second-order valence-corrected chi connectivity index (χ2v) is 5.20. The molecule has 16 heavy (non-hydrogen) atoms. The zero-order valence-corrected chi connectivity index (χ0v) is 10.5. The Labute approximate surface area is 107 Å². The van der Waals surface area contributed by atoms with Crippen LogP contribution in [-0.2, 0) is 4.79 Å². The van der Waals surface area contributed by atoms with Gasteiger partial charge >= 0.3 is 5.97 Å². The summed E-state index contributed by atoms with van der Waals surface area (Å²) in [5.74, 6) is -0.272. The zero-order valence-electron chi connectivity index (χ0n) is 8.14. The summed E-state index contributed by atoms with van der Waals surface area (Å²) in [5, 5.41) is 9.48. The number of hydrogen-bond donors (Lipinski definition) is 1. The molecule has 0 aliphatic carbocycles. The third-order valence-electron chi connectivity index (χ3n) is 2.16. The van der Waals surface area contributed by atoms with E-state index < -0.39 is 5.97 Å². The molecule has 0 fully saturated rings. The molecule has 84 valence electrons. The van der Waals surface area contributed by atoms with E-state index in [2.05, 4.69) is 0 Å². The molecule has 0 saturated heterocycles. The molecule has 1 N–H and O–H groups in total. The molecule has 0 bridgehead atoms. The number of anilines is 1. The lowest BCUT2D eigenvalue weighted by atomic mass is 10.2. The Hall–Kier alpha value is -0.780. The van der Waals surface area contributed by atoms with Gasteiger partial charge in [-0.1, -0.05) is 23.8 Å². The van der Waals surface area contributed by atoms with Crippen LogP contribution in [0, 0.1) is 0 Å². The highest BCUT2D eigenvalue weighted by molar-refractivity contribution is 8.01. The molecule has 0 saturated carbocycles. The molecule has 1 aromatic rings. The van der Waals surface area contributed by atoms with Crippen LogP contribution in [0.4, 0.5) is 5.69 Å². The second-order valence-electron chi connectivity index (χ2n) is 3.27. The maximum Gasteiger partial charge on any atom is 0.323 e. The number of hydrogen-bond acceptors (Lipinski definition) is 3. The van der Waals surface area contributed by atoms with Gasteiger partial charge in [-0.2, -0.15) is 0 Å². The number of benzene rings is 1. The van der Waals surface area contributed by atoms with Crippen LogP contribution < -0.4 is 4.90 Å². The van der Waals surface area contributed by atoms with Crippen molar-refractivity contribution in [1.82, 2.24) is 0 Å². The van der Waals surface area contributed by atoms with Gasteiger partial charge in [-0.05, 0) is 18.2 Å². The van der Waals surface area contributed by atoms with Crippen LogP contribution in [0.3, 0.4) is 0 Å². The number of thioether (sulfide) groups is 1.